The Kier molecular flexibility index (Phi) is 4.92. The van der Waals surface area contributed by atoms with Crippen molar-refractivity contribution < 1.29 is 5.11 Å². The van der Waals surface area contributed by atoms with E-state index in [2.05, 4.69) is 24.9 Å². The van der Waals surface area contributed by atoms with Crippen molar-refractivity contribution in [2.24, 2.45) is 5.92 Å². The lowest BCUT2D eigenvalue weighted by atomic mass is 9.88. The highest BCUT2D eigenvalue weighted by Crippen LogP contribution is 2.30. The molecule has 0 spiro atoms. The molecule has 0 bridgehead atoms. The second kappa shape index (κ2) is 6.67. The fourth-order valence-corrected chi connectivity index (χ4v) is 2.72. The Balaban J connectivity index is 2.26. The summed E-state index contributed by atoms with van der Waals surface area (Å²) in [6.07, 6.45) is 5.80. The normalized spacial score (nSPS) is 13.1. The summed E-state index contributed by atoms with van der Waals surface area (Å²) in [4.78, 5) is 4.44. The van der Waals surface area contributed by atoms with Crippen molar-refractivity contribution in [1.29, 1.82) is 0 Å². The molecule has 1 atom stereocenters. The summed E-state index contributed by atoms with van der Waals surface area (Å²) in [5, 5.41) is 11.7. The van der Waals surface area contributed by atoms with Crippen LogP contribution in [0.25, 0.3) is 10.9 Å². The Hall–Kier alpha value is -1.41. The lowest BCUT2D eigenvalue weighted by molar-refractivity contribution is 0.0963. The summed E-state index contributed by atoms with van der Waals surface area (Å²) in [5.41, 5.74) is 1.94. The van der Waals surface area contributed by atoms with E-state index < -0.39 is 6.10 Å². The fourth-order valence-electron chi connectivity index (χ4n) is 2.72. The average molecular weight is 257 g/mol. The van der Waals surface area contributed by atoms with Crippen molar-refractivity contribution in [3.63, 3.8) is 0 Å². The number of aliphatic hydroxyl groups is 1. The van der Waals surface area contributed by atoms with E-state index in [0.717, 1.165) is 42.1 Å². The highest BCUT2D eigenvalue weighted by Gasteiger charge is 2.19. The lowest BCUT2D eigenvalue weighted by Crippen LogP contribution is -2.12. The monoisotopic (exact) mass is 257 g/mol. The Morgan fingerprint density at radius 3 is 2.47 bits per heavy atom. The minimum absolute atomic E-state index is 0.345. The van der Waals surface area contributed by atoms with E-state index in [1.807, 2.05) is 30.5 Å². The SMILES string of the molecule is CCCC(CCC)C(O)c1cnc2ccccc2c1. The van der Waals surface area contributed by atoms with Crippen LogP contribution in [0.4, 0.5) is 0 Å². The number of benzene rings is 1. The average Bonchev–Trinajstić information content (AvgIpc) is 2.46. The van der Waals surface area contributed by atoms with E-state index in [4.69, 9.17) is 0 Å². The highest BCUT2D eigenvalue weighted by atomic mass is 16.3. The predicted molar refractivity (Wildman–Crippen MR) is 80.0 cm³/mol. The molecule has 0 amide bonds. The maximum Gasteiger partial charge on any atom is 0.0833 e. The third-order valence-corrected chi connectivity index (χ3v) is 3.72. The molecule has 102 valence electrons. The third kappa shape index (κ3) is 3.32. The molecule has 1 heterocycles. The number of nitrogens with zero attached hydrogens (tertiary/aromatic N) is 1. The van der Waals surface area contributed by atoms with Gasteiger partial charge in [-0.25, -0.2) is 0 Å². The Morgan fingerprint density at radius 1 is 1.11 bits per heavy atom. The molecular formula is C17H23NO. The lowest BCUT2D eigenvalue weighted by Gasteiger charge is -2.22. The first-order valence-electron chi connectivity index (χ1n) is 7.29. The summed E-state index contributed by atoms with van der Waals surface area (Å²) in [6, 6.07) is 10.1. The molecule has 2 rings (SSSR count). The van der Waals surface area contributed by atoms with Gasteiger partial charge in [0.1, 0.15) is 0 Å². The van der Waals surface area contributed by atoms with Crippen LogP contribution in [0.2, 0.25) is 0 Å². The van der Waals surface area contributed by atoms with Crippen molar-refractivity contribution in [3.05, 3.63) is 42.1 Å². The number of hydrogen-bond acceptors (Lipinski definition) is 2. The molecular weight excluding hydrogens is 234 g/mol. The van der Waals surface area contributed by atoms with Gasteiger partial charge in [0.15, 0.2) is 0 Å². The standard InChI is InChI=1S/C17H23NO/c1-3-7-13(8-4-2)17(19)15-11-14-9-5-6-10-16(14)18-12-15/h5-6,9-13,17,19H,3-4,7-8H2,1-2H3. The maximum atomic E-state index is 10.6. The highest BCUT2D eigenvalue weighted by molar-refractivity contribution is 5.78. The zero-order valence-corrected chi connectivity index (χ0v) is 11.8. The third-order valence-electron chi connectivity index (χ3n) is 3.72. The maximum absolute atomic E-state index is 10.6. The molecule has 0 aliphatic carbocycles. The van der Waals surface area contributed by atoms with Crippen molar-refractivity contribution in [1.82, 2.24) is 4.98 Å². The topological polar surface area (TPSA) is 33.1 Å². The quantitative estimate of drug-likeness (QED) is 0.827. The summed E-state index contributed by atoms with van der Waals surface area (Å²) >= 11 is 0. The first kappa shape index (κ1) is 14.0. The van der Waals surface area contributed by atoms with E-state index in [-0.39, 0.29) is 0 Å². The zero-order valence-electron chi connectivity index (χ0n) is 11.8. The van der Waals surface area contributed by atoms with Gasteiger partial charge >= 0.3 is 0 Å². The Labute approximate surface area is 115 Å². The van der Waals surface area contributed by atoms with Gasteiger partial charge in [-0.3, -0.25) is 4.98 Å². The number of aliphatic hydroxyl groups excluding tert-OH is 1. The largest absolute Gasteiger partial charge is 0.388 e. The molecule has 0 aliphatic heterocycles. The molecule has 2 heteroatoms. The predicted octanol–water partition coefficient (Wildman–Crippen LogP) is 4.48. The molecule has 0 radical (unpaired) electrons. The van der Waals surface area contributed by atoms with E-state index in [0.29, 0.717) is 5.92 Å². The van der Waals surface area contributed by atoms with Gasteiger partial charge in [-0.2, -0.15) is 0 Å². The zero-order chi connectivity index (χ0) is 13.7. The van der Waals surface area contributed by atoms with Gasteiger partial charge in [0.05, 0.1) is 11.6 Å². The molecule has 1 aromatic heterocycles. The van der Waals surface area contributed by atoms with Crippen molar-refractivity contribution >= 4 is 10.9 Å². The van der Waals surface area contributed by atoms with Gasteiger partial charge in [-0.15, -0.1) is 0 Å². The fraction of sp³-hybridized carbons (Fsp3) is 0.471. The minimum atomic E-state index is -0.392. The number of pyridine rings is 1. The summed E-state index contributed by atoms with van der Waals surface area (Å²) in [5.74, 6) is 0.345. The van der Waals surface area contributed by atoms with Crippen LogP contribution in [0.15, 0.2) is 36.5 Å². The molecule has 19 heavy (non-hydrogen) atoms. The van der Waals surface area contributed by atoms with Crippen LogP contribution in [0, 0.1) is 5.92 Å². The van der Waals surface area contributed by atoms with Crippen LogP contribution in [0.5, 0.6) is 0 Å². The first-order valence-corrected chi connectivity index (χ1v) is 7.29. The van der Waals surface area contributed by atoms with E-state index in [9.17, 15) is 5.11 Å². The molecule has 2 aromatic rings. The van der Waals surface area contributed by atoms with Crippen molar-refractivity contribution in [2.75, 3.05) is 0 Å². The molecule has 2 nitrogen and oxygen atoms in total. The molecule has 0 saturated heterocycles. The summed E-state index contributed by atoms with van der Waals surface area (Å²) < 4.78 is 0. The minimum Gasteiger partial charge on any atom is -0.388 e. The van der Waals surface area contributed by atoms with Crippen LogP contribution in [0.3, 0.4) is 0 Å². The van der Waals surface area contributed by atoms with Gasteiger partial charge < -0.3 is 5.11 Å². The molecule has 1 N–H and O–H groups in total. The van der Waals surface area contributed by atoms with Crippen molar-refractivity contribution in [3.8, 4) is 0 Å². The second-order valence-corrected chi connectivity index (χ2v) is 5.24. The van der Waals surface area contributed by atoms with Gasteiger partial charge in [0.2, 0.25) is 0 Å². The van der Waals surface area contributed by atoms with Crippen LogP contribution >= 0.6 is 0 Å². The van der Waals surface area contributed by atoms with Gasteiger partial charge in [0.25, 0.3) is 0 Å². The molecule has 0 saturated carbocycles. The number of fused-ring (bicyclic) bond motifs is 1. The van der Waals surface area contributed by atoms with Gasteiger partial charge in [-0.05, 0) is 36.5 Å². The van der Waals surface area contributed by atoms with E-state index in [1.165, 1.54) is 0 Å². The van der Waals surface area contributed by atoms with Crippen LogP contribution in [0.1, 0.15) is 51.2 Å². The van der Waals surface area contributed by atoms with Crippen LogP contribution < -0.4 is 0 Å². The molecule has 0 fully saturated rings. The molecule has 1 unspecified atom stereocenters. The molecule has 1 aromatic carbocycles. The number of aromatic nitrogens is 1. The van der Waals surface area contributed by atoms with Crippen LogP contribution in [-0.4, -0.2) is 10.1 Å². The molecule has 0 aliphatic rings. The first-order chi connectivity index (χ1) is 9.26. The number of para-hydroxylation sites is 1. The Bertz CT molecular complexity index is 517. The summed E-state index contributed by atoms with van der Waals surface area (Å²) in [6.45, 7) is 4.35. The number of rotatable bonds is 6. The van der Waals surface area contributed by atoms with Gasteiger partial charge in [0, 0.05) is 11.6 Å². The Morgan fingerprint density at radius 2 is 1.79 bits per heavy atom. The van der Waals surface area contributed by atoms with Gasteiger partial charge in [-0.1, -0.05) is 44.9 Å². The smallest absolute Gasteiger partial charge is 0.0833 e. The van der Waals surface area contributed by atoms with Crippen LogP contribution in [-0.2, 0) is 0 Å². The van der Waals surface area contributed by atoms with E-state index in [1.54, 1.807) is 0 Å². The number of hydrogen-bond donors (Lipinski definition) is 1. The second-order valence-electron chi connectivity index (χ2n) is 5.24. The van der Waals surface area contributed by atoms with E-state index >= 15 is 0 Å². The summed E-state index contributed by atoms with van der Waals surface area (Å²) in [7, 11) is 0. The van der Waals surface area contributed by atoms with Crippen molar-refractivity contribution in [2.45, 2.75) is 45.6 Å².